The molecule has 0 aliphatic heterocycles. The molecule has 1 heterocycles. The third-order valence-electron chi connectivity index (χ3n) is 3.19. The number of hydrogen-bond donors (Lipinski definition) is 3. The molecule has 0 spiro atoms. The third-order valence-corrected chi connectivity index (χ3v) is 4.03. The van der Waals surface area contributed by atoms with Crippen molar-refractivity contribution in [2.24, 2.45) is 5.10 Å². The second-order valence-corrected chi connectivity index (χ2v) is 6.49. The number of nitrogens with one attached hydrogen (secondary N) is 2. The van der Waals surface area contributed by atoms with Crippen LogP contribution in [0, 0.1) is 0 Å². The molecule has 27 heavy (non-hydrogen) atoms. The summed E-state index contributed by atoms with van der Waals surface area (Å²) in [7, 11) is 0. The lowest BCUT2D eigenvalue weighted by molar-refractivity contribution is -0.120. The number of benzene rings is 1. The highest BCUT2D eigenvalue weighted by molar-refractivity contribution is 7.15. The molecule has 2 rings (SSSR count). The molecule has 9 nitrogen and oxygen atoms in total. The van der Waals surface area contributed by atoms with E-state index in [1.807, 2.05) is 13.8 Å². The van der Waals surface area contributed by atoms with Crippen molar-refractivity contribution >= 4 is 34.5 Å². The van der Waals surface area contributed by atoms with Crippen LogP contribution in [0.5, 0.6) is 11.5 Å². The molecule has 0 saturated heterocycles. The topological polar surface area (TPSA) is 126 Å². The lowest BCUT2D eigenvalue weighted by Gasteiger charge is -2.05. The second kappa shape index (κ2) is 10.2. The summed E-state index contributed by atoms with van der Waals surface area (Å²) in [4.78, 5) is 23.4. The van der Waals surface area contributed by atoms with E-state index < -0.39 is 0 Å². The third kappa shape index (κ3) is 6.66. The van der Waals surface area contributed by atoms with E-state index in [0.717, 1.165) is 17.8 Å². The number of nitrogens with zero attached hydrogens (tertiary/aromatic N) is 3. The first-order valence-electron chi connectivity index (χ1n) is 8.41. The smallest absolute Gasteiger partial charge is 0.247 e. The van der Waals surface area contributed by atoms with E-state index in [1.54, 1.807) is 12.1 Å². The number of carbonyl (C=O) groups excluding carboxylic acids is 2. The van der Waals surface area contributed by atoms with E-state index in [-0.39, 0.29) is 24.0 Å². The van der Waals surface area contributed by atoms with Gasteiger partial charge in [-0.25, -0.2) is 5.43 Å². The van der Waals surface area contributed by atoms with E-state index in [1.165, 1.54) is 12.3 Å². The SMILES string of the molecule is CCCC(=O)Nc1nnc(CC(=O)N/N=C\c2ccc(OCC)c(O)c2)s1. The van der Waals surface area contributed by atoms with Gasteiger partial charge in [0, 0.05) is 6.42 Å². The molecule has 144 valence electrons. The number of hydrazone groups is 1. The summed E-state index contributed by atoms with van der Waals surface area (Å²) in [5.41, 5.74) is 2.98. The Morgan fingerprint density at radius 1 is 1.30 bits per heavy atom. The van der Waals surface area contributed by atoms with Gasteiger partial charge < -0.3 is 15.2 Å². The number of ether oxygens (including phenoxy) is 1. The summed E-state index contributed by atoms with van der Waals surface area (Å²) in [5, 5.41) is 24.8. The van der Waals surface area contributed by atoms with Crippen molar-refractivity contribution in [1.29, 1.82) is 0 Å². The molecule has 0 radical (unpaired) electrons. The van der Waals surface area contributed by atoms with Crippen LogP contribution >= 0.6 is 11.3 Å². The van der Waals surface area contributed by atoms with Gasteiger partial charge in [0.15, 0.2) is 11.5 Å². The quantitative estimate of drug-likeness (QED) is 0.444. The highest BCUT2D eigenvalue weighted by atomic mass is 32.1. The Morgan fingerprint density at radius 3 is 2.81 bits per heavy atom. The van der Waals surface area contributed by atoms with Gasteiger partial charge in [0.25, 0.3) is 0 Å². The maximum atomic E-state index is 11.9. The largest absolute Gasteiger partial charge is 0.504 e. The van der Waals surface area contributed by atoms with Gasteiger partial charge in [0.05, 0.1) is 19.2 Å². The van der Waals surface area contributed by atoms with Gasteiger partial charge in [-0.2, -0.15) is 5.10 Å². The maximum Gasteiger partial charge on any atom is 0.247 e. The van der Waals surface area contributed by atoms with Gasteiger partial charge in [-0.3, -0.25) is 9.59 Å². The predicted molar refractivity (Wildman–Crippen MR) is 102 cm³/mol. The van der Waals surface area contributed by atoms with Crippen LogP contribution in [-0.2, 0) is 16.0 Å². The van der Waals surface area contributed by atoms with E-state index in [9.17, 15) is 14.7 Å². The van der Waals surface area contributed by atoms with Gasteiger partial charge in [-0.15, -0.1) is 10.2 Å². The van der Waals surface area contributed by atoms with E-state index in [2.05, 4.69) is 26.0 Å². The van der Waals surface area contributed by atoms with Crippen LogP contribution in [0.25, 0.3) is 0 Å². The van der Waals surface area contributed by atoms with Crippen molar-refractivity contribution < 1.29 is 19.4 Å². The minimum absolute atomic E-state index is 0.00126. The molecular weight excluding hydrogens is 370 g/mol. The molecule has 2 amide bonds. The Labute approximate surface area is 160 Å². The number of aromatic nitrogens is 2. The van der Waals surface area contributed by atoms with Crippen molar-refractivity contribution in [2.45, 2.75) is 33.1 Å². The molecule has 1 aromatic carbocycles. The Kier molecular flexibility index (Phi) is 7.68. The molecule has 0 unspecified atom stereocenters. The number of rotatable bonds is 9. The molecule has 10 heteroatoms. The number of carbonyl (C=O) groups is 2. The summed E-state index contributed by atoms with van der Waals surface area (Å²) in [6, 6.07) is 4.81. The molecule has 2 aromatic rings. The molecule has 0 atom stereocenters. The number of amides is 2. The van der Waals surface area contributed by atoms with Gasteiger partial charge in [0.2, 0.25) is 16.9 Å². The zero-order valence-corrected chi connectivity index (χ0v) is 15.9. The number of aromatic hydroxyl groups is 1. The van der Waals surface area contributed by atoms with Crippen molar-refractivity contribution in [1.82, 2.24) is 15.6 Å². The van der Waals surface area contributed by atoms with Crippen LogP contribution in [0.3, 0.4) is 0 Å². The van der Waals surface area contributed by atoms with Gasteiger partial charge in [-0.05, 0) is 37.1 Å². The van der Waals surface area contributed by atoms with E-state index in [0.29, 0.717) is 34.5 Å². The number of phenols is 1. The van der Waals surface area contributed by atoms with Crippen LogP contribution in [-0.4, -0.2) is 39.9 Å². The minimum Gasteiger partial charge on any atom is -0.504 e. The predicted octanol–water partition coefficient (Wildman–Crippen LogP) is 2.07. The summed E-state index contributed by atoms with van der Waals surface area (Å²) in [6.07, 6.45) is 2.55. The normalized spacial score (nSPS) is 10.7. The number of hydrogen-bond acceptors (Lipinski definition) is 8. The summed E-state index contributed by atoms with van der Waals surface area (Å²) in [6.45, 7) is 4.18. The second-order valence-electron chi connectivity index (χ2n) is 5.43. The highest BCUT2D eigenvalue weighted by Gasteiger charge is 2.11. The Bertz CT molecular complexity index is 821. The number of phenolic OH excluding ortho intramolecular Hbond substituents is 1. The Hall–Kier alpha value is -3.01. The van der Waals surface area contributed by atoms with Crippen LogP contribution in [0.1, 0.15) is 37.3 Å². The first-order chi connectivity index (χ1) is 13.0. The molecule has 0 aliphatic rings. The van der Waals surface area contributed by atoms with Crippen LogP contribution in [0.4, 0.5) is 5.13 Å². The maximum absolute atomic E-state index is 11.9. The minimum atomic E-state index is -0.371. The van der Waals surface area contributed by atoms with Crippen molar-refractivity contribution in [3.05, 3.63) is 28.8 Å². The van der Waals surface area contributed by atoms with Crippen molar-refractivity contribution in [2.75, 3.05) is 11.9 Å². The standard InChI is InChI=1S/C17H21N5O4S/c1-3-5-14(24)19-17-22-21-16(27-17)9-15(25)20-18-10-11-6-7-13(26-4-2)12(23)8-11/h6-8,10,23H,3-5,9H2,1-2H3,(H,20,25)(H,19,22,24)/b18-10-. The summed E-state index contributed by atoms with van der Waals surface area (Å²) >= 11 is 1.14. The van der Waals surface area contributed by atoms with E-state index >= 15 is 0 Å². The Morgan fingerprint density at radius 2 is 2.11 bits per heavy atom. The van der Waals surface area contributed by atoms with Gasteiger partial charge in [-0.1, -0.05) is 18.3 Å². The lowest BCUT2D eigenvalue weighted by Crippen LogP contribution is -2.19. The number of anilines is 1. The van der Waals surface area contributed by atoms with Crippen LogP contribution in [0.2, 0.25) is 0 Å². The van der Waals surface area contributed by atoms with Gasteiger partial charge >= 0.3 is 0 Å². The molecule has 0 aliphatic carbocycles. The van der Waals surface area contributed by atoms with Gasteiger partial charge in [0.1, 0.15) is 5.01 Å². The summed E-state index contributed by atoms with van der Waals surface area (Å²) < 4.78 is 5.24. The molecule has 0 fully saturated rings. The van der Waals surface area contributed by atoms with Crippen molar-refractivity contribution in [3.63, 3.8) is 0 Å². The zero-order chi connectivity index (χ0) is 19.6. The molecule has 0 bridgehead atoms. The zero-order valence-electron chi connectivity index (χ0n) is 15.1. The van der Waals surface area contributed by atoms with E-state index in [4.69, 9.17) is 4.74 Å². The monoisotopic (exact) mass is 391 g/mol. The lowest BCUT2D eigenvalue weighted by atomic mass is 10.2. The van der Waals surface area contributed by atoms with Crippen LogP contribution in [0.15, 0.2) is 23.3 Å². The fourth-order valence-corrected chi connectivity index (χ4v) is 2.79. The fraction of sp³-hybridized carbons (Fsp3) is 0.353. The average Bonchev–Trinajstić information content (AvgIpc) is 3.04. The molecular formula is C17H21N5O4S. The fourth-order valence-electron chi connectivity index (χ4n) is 2.03. The van der Waals surface area contributed by atoms with Crippen molar-refractivity contribution in [3.8, 4) is 11.5 Å². The first-order valence-corrected chi connectivity index (χ1v) is 9.23. The molecule has 1 aromatic heterocycles. The van der Waals surface area contributed by atoms with Crippen LogP contribution < -0.4 is 15.5 Å². The first kappa shape index (κ1) is 20.3. The average molecular weight is 391 g/mol. The molecule has 3 N–H and O–H groups in total. The Balaban J connectivity index is 1.84. The summed E-state index contributed by atoms with van der Waals surface area (Å²) in [5.74, 6) is -0.118. The highest BCUT2D eigenvalue weighted by Crippen LogP contribution is 2.26. The molecule has 0 saturated carbocycles.